The van der Waals surface area contributed by atoms with E-state index in [9.17, 15) is 9.18 Å². The Morgan fingerprint density at radius 3 is 2.89 bits per heavy atom. The van der Waals surface area contributed by atoms with Crippen molar-refractivity contribution in [1.29, 1.82) is 0 Å². The molecule has 0 saturated heterocycles. The van der Waals surface area contributed by atoms with E-state index in [0.717, 1.165) is 0 Å². The van der Waals surface area contributed by atoms with Gasteiger partial charge in [-0.15, -0.1) is 0 Å². The number of nitrogens with zero attached hydrogens (tertiary/aromatic N) is 2. The normalized spacial score (nSPS) is 10.6. The van der Waals surface area contributed by atoms with Crippen molar-refractivity contribution in [3.63, 3.8) is 0 Å². The minimum absolute atomic E-state index is 0.124. The first kappa shape index (κ1) is 12.4. The number of hydrogen-bond donors (Lipinski definition) is 0. The Balaban J connectivity index is 2.68. The van der Waals surface area contributed by atoms with Crippen LogP contribution in [0.25, 0.3) is 11.0 Å². The second-order valence-electron chi connectivity index (χ2n) is 3.57. The van der Waals surface area contributed by atoms with Crippen molar-refractivity contribution in [2.24, 2.45) is 0 Å². The van der Waals surface area contributed by atoms with Crippen molar-refractivity contribution in [3.05, 3.63) is 35.4 Å². The molecule has 0 bridgehead atoms. The van der Waals surface area contributed by atoms with Crippen LogP contribution < -0.4 is 0 Å². The molecule has 2 heterocycles. The number of fused-ring (bicyclic) bond motifs is 1. The molecule has 0 aliphatic rings. The van der Waals surface area contributed by atoms with Crippen LogP contribution in [0, 0.1) is 5.82 Å². The van der Waals surface area contributed by atoms with Gasteiger partial charge in [-0.05, 0) is 12.1 Å². The number of carbonyl (C=O) groups excluding carboxylic acids is 1. The third-order valence-corrected chi connectivity index (χ3v) is 2.44. The van der Waals surface area contributed by atoms with Gasteiger partial charge in [0.15, 0.2) is 5.65 Å². The van der Waals surface area contributed by atoms with E-state index in [-0.39, 0.29) is 23.2 Å². The van der Waals surface area contributed by atoms with Crippen molar-refractivity contribution >= 4 is 17.0 Å². The van der Waals surface area contributed by atoms with E-state index in [1.165, 1.54) is 32.5 Å². The Labute approximate surface area is 103 Å². The first-order valence-corrected chi connectivity index (χ1v) is 5.18. The highest BCUT2D eigenvalue weighted by atomic mass is 19.1. The van der Waals surface area contributed by atoms with E-state index in [0.29, 0.717) is 5.69 Å². The fourth-order valence-corrected chi connectivity index (χ4v) is 1.61. The minimum atomic E-state index is -0.584. The Morgan fingerprint density at radius 1 is 1.44 bits per heavy atom. The minimum Gasteiger partial charge on any atom is -0.465 e. The fraction of sp³-hybridized carbons (Fsp3) is 0.250. The van der Waals surface area contributed by atoms with Gasteiger partial charge in [-0.2, -0.15) is 0 Å². The van der Waals surface area contributed by atoms with Gasteiger partial charge in [0, 0.05) is 13.3 Å². The van der Waals surface area contributed by atoms with Crippen LogP contribution in [0.15, 0.2) is 18.3 Å². The van der Waals surface area contributed by atoms with Crippen LogP contribution in [-0.4, -0.2) is 30.2 Å². The SMILES string of the molecule is COCc1nc2nccc(F)c2cc1C(=O)OC. The maximum Gasteiger partial charge on any atom is 0.339 e. The van der Waals surface area contributed by atoms with Crippen LogP contribution in [0.2, 0.25) is 0 Å². The summed E-state index contributed by atoms with van der Waals surface area (Å²) in [5.74, 6) is -1.07. The standard InChI is InChI=1S/C12H11FN2O3/c1-17-6-10-8(12(16)18-2)5-7-9(13)3-4-14-11(7)15-10/h3-5H,6H2,1-2H3. The lowest BCUT2D eigenvalue weighted by molar-refractivity contribution is 0.0595. The average Bonchev–Trinajstić information content (AvgIpc) is 2.38. The summed E-state index contributed by atoms with van der Waals surface area (Å²) in [6.07, 6.45) is 1.32. The smallest absolute Gasteiger partial charge is 0.339 e. The lowest BCUT2D eigenvalue weighted by Gasteiger charge is -2.08. The molecule has 0 aliphatic carbocycles. The molecule has 0 atom stereocenters. The first-order chi connectivity index (χ1) is 8.67. The van der Waals surface area contributed by atoms with Crippen molar-refractivity contribution in [3.8, 4) is 0 Å². The first-order valence-electron chi connectivity index (χ1n) is 5.18. The largest absolute Gasteiger partial charge is 0.465 e. The molecule has 2 rings (SSSR count). The molecule has 0 aromatic carbocycles. The number of hydrogen-bond acceptors (Lipinski definition) is 5. The van der Waals surface area contributed by atoms with Crippen LogP contribution in [0.4, 0.5) is 4.39 Å². The third kappa shape index (κ3) is 2.14. The highest BCUT2D eigenvalue weighted by Crippen LogP contribution is 2.19. The third-order valence-electron chi connectivity index (χ3n) is 2.44. The van der Waals surface area contributed by atoms with Gasteiger partial charge < -0.3 is 9.47 Å². The molecule has 0 radical (unpaired) electrons. The summed E-state index contributed by atoms with van der Waals surface area (Å²) < 4.78 is 23.2. The number of pyridine rings is 2. The zero-order valence-corrected chi connectivity index (χ0v) is 9.94. The maximum absolute atomic E-state index is 13.6. The second kappa shape index (κ2) is 5.05. The van der Waals surface area contributed by atoms with E-state index in [2.05, 4.69) is 14.7 Å². The molecule has 0 aliphatic heterocycles. The topological polar surface area (TPSA) is 61.3 Å². The Hall–Kier alpha value is -2.08. The summed E-state index contributed by atoms with van der Waals surface area (Å²) >= 11 is 0. The van der Waals surface area contributed by atoms with Gasteiger partial charge in [0.1, 0.15) is 5.82 Å². The number of ether oxygens (including phenoxy) is 2. The Bertz CT molecular complexity index is 601. The molecule has 0 fully saturated rings. The van der Waals surface area contributed by atoms with Crippen LogP contribution in [-0.2, 0) is 16.1 Å². The van der Waals surface area contributed by atoms with Crippen molar-refractivity contribution < 1.29 is 18.7 Å². The van der Waals surface area contributed by atoms with Crippen LogP contribution in [0.5, 0.6) is 0 Å². The molecule has 5 nitrogen and oxygen atoms in total. The summed E-state index contributed by atoms with van der Waals surface area (Å²) in [4.78, 5) is 19.7. The lowest BCUT2D eigenvalue weighted by Crippen LogP contribution is -2.09. The molecule has 0 amide bonds. The Morgan fingerprint density at radius 2 is 2.22 bits per heavy atom. The van der Waals surface area contributed by atoms with Gasteiger partial charge in [-0.25, -0.2) is 19.2 Å². The predicted molar refractivity (Wildman–Crippen MR) is 61.5 cm³/mol. The van der Waals surface area contributed by atoms with Gasteiger partial charge >= 0.3 is 5.97 Å². The highest BCUT2D eigenvalue weighted by Gasteiger charge is 2.16. The summed E-state index contributed by atoms with van der Waals surface area (Å²) in [5.41, 5.74) is 0.781. The van der Waals surface area contributed by atoms with Crippen LogP contribution >= 0.6 is 0 Å². The summed E-state index contributed by atoms with van der Waals surface area (Å²) in [6.45, 7) is 0.124. The number of methoxy groups -OCH3 is 2. The molecule has 2 aromatic rings. The summed E-state index contributed by atoms with van der Waals surface area (Å²) in [6, 6.07) is 2.59. The van der Waals surface area contributed by atoms with Crippen LogP contribution in [0.3, 0.4) is 0 Å². The number of carbonyl (C=O) groups is 1. The monoisotopic (exact) mass is 250 g/mol. The number of aromatic nitrogens is 2. The average molecular weight is 250 g/mol. The maximum atomic E-state index is 13.6. The van der Waals surface area contributed by atoms with Crippen molar-refractivity contribution in [2.75, 3.05) is 14.2 Å². The zero-order valence-electron chi connectivity index (χ0n) is 9.94. The van der Waals surface area contributed by atoms with Crippen molar-refractivity contribution in [1.82, 2.24) is 9.97 Å². The zero-order chi connectivity index (χ0) is 13.1. The molecular weight excluding hydrogens is 239 g/mol. The molecule has 2 aromatic heterocycles. The number of halogens is 1. The van der Waals surface area contributed by atoms with Gasteiger partial charge in [0.05, 0.1) is 30.4 Å². The van der Waals surface area contributed by atoms with E-state index >= 15 is 0 Å². The molecule has 6 heteroatoms. The van der Waals surface area contributed by atoms with Gasteiger partial charge in [-0.3, -0.25) is 0 Å². The molecular formula is C12H11FN2O3. The van der Waals surface area contributed by atoms with E-state index < -0.39 is 11.8 Å². The number of rotatable bonds is 3. The van der Waals surface area contributed by atoms with E-state index in [1.54, 1.807) is 0 Å². The summed E-state index contributed by atoms with van der Waals surface area (Å²) in [5, 5.41) is 0.178. The van der Waals surface area contributed by atoms with E-state index in [1.807, 2.05) is 0 Å². The molecule has 0 N–H and O–H groups in total. The molecule has 94 valence electrons. The lowest BCUT2D eigenvalue weighted by atomic mass is 10.1. The van der Waals surface area contributed by atoms with Crippen LogP contribution in [0.1, 0.15) is 16.1 Å². The van der Waals surface area contributed by atoms with Gasteiger partial charge in [0.25, 0.3) is 0 Å². The Kier molecular flexibility index (Phi) is 3.47. The predicted octanol–water partition coefficient (Wildman–Crippen LogP) is 1.70. The molecule has 18 heavy (non-hydrogen) atoms. The number of esters is 1. The van der Waals surface area contributed by atoms with Crippen molar-refractivity contribution in [2.45, 2.75) is 6.61 Å². The van der Waals surface area contributed by atoms with Gasteiger partial charge in [-0.1, -0.05) is 0 Å². The summed E-state index contributed by atoms with van der Waals surface area (Å²) in [7, 11) is 2.73. The van der Waals surface area contributed by atoms with Gasteiger partial charge in [0.2, 0.25) is 0 Å². The molecule has 0 saturated carbocycles. The quantitative estimate of drug-likeness (QED) is 0.776. The second-order valence-corrected chi connectivity index (χ2v) is 3.57. The highest BCUT2D eigenvalue weighted by molar-refractivity contribution is 5.94. The molecule has 0 spiro atoms. The van der Waals surface area contributed by atoms with E-state index in [4.69, 9.17) is 4.74 Å². The fourth-order valence-electron chi connectivity index (χ4n) is 1.61. The molecule has 0 unspecified atom stereocenters.